The van der Waals surface area contributed by atoms with E-state index in [1.807, 2.05) is 13.8 Å². The van der Waals surface area contributed by atoms with E-state index in [0.717, 1.165) is 0 Å². The van der Waals surface area contributed by atoms with Gasteiger partial charge in [-0.2, -0.15) is 0 Å². The Morgan fingerprint density at radius 1 is 1.64 bits per heavy atom. The lowest BCUT2D eigenvalue weighted by molar-refractivity contribution is -0.138. The first-order valence-corrected chi connectivity index (χ1v) is 4.67. The van der Waals surface area contributed by atoms with Crippen LogP contribution in [0.5, 0.6) is 0 Å². The Kier molecular flexibility index (Phi) is 3.33. The average Bonchev–Trinajstić information content (AvgIpc) is 2.46. The fraction of sp³-hybridized carbons (Fsp3) is 0.778. The van der Waals surface area contributed by atoms with Gasteiger partial charge in [0.2, 0.25) is 0 Å². The molecule has 1 aliphatic heterocycles. The average molecular weight is 201 g/mol. The summed E-state index contributed by atoms with van der Waals surface area (Å²) >= 11 is 0. The largest absolute Gasteiger partial charge is 0.481 e. The molecule has 5 heteroatoms. The summed E-state index contributed by atoms with van der Waals surface area (Å²) < 4.78 is 4.77. The van der Waals surface area contributed by atoms with Crippen LogP contribution in [0.25, 0.3) is 0 Å². The van der Waals surface area contributed by atoms with E-state index >= 15 is 0 Å². The highest BCUT2D eigenvalue weighted by Gasteiger charge is 2.32. The second kappa shape index (κ2) is 4.30. The summed E-state index contributed by atoms with van der Waals surface area (Å²) in [4.78, 5) is 23.3. The second-order valence-corrected chi connectivity index (χ2v) is 3.72. The minimum absolute atomic E-state index is 0.0211. The number of carboxylic acids is 1. The first-order chi connectivity index (χ1) is 6.52. The van der Waals surface area contributed by atoms with Gasteiger partial charge in [-0.15, -0.1) is 0 Å². The smallest absolute Gasteiger partial charge is 0.410 e. The molecular weight excluding hydrogens is 186 g/mol. The van der Waals surface area contributed by atoms with Gasteiger partial charge in [-0.3, -0.25) is 4.79 Å². The number of aliphatic carboxylic acids is 1. The number of carboxylic acid groups (broad SMARTS) is 1. The Morgan fingerprint density at radius 3 is 2.64 bits per heavy atom. The molecule has 1 saturated heterocycles. The molecule has 0 aromatic heterocycles. The Bertz CT molecular complexity index is 239. The molecule has 0 aromatic carbocycles. The molecule has 0 aromatic rings. The van der Waals surface area contributed by atoms with Crippen molar-refractivity contribution >= 4 is 12.1 Å². The van der Waals surface area contributed by atoms with Gasteiger partial charge in [-0.05, 0) is 5.92 Å². The molecule has 80 valence electrons. The van der Waals surface area contributed by atoms with E-state index in [2.05, 4.69) is 0 Å². The van der Waals surface area contributed by atoms with Gasteiger partial charge in [-0.25, -0.2) is 4.79 Å². The number of hydrogen-bond acceptors (Lipinski definition) is 3. The zero-order valence-corrected chi connectivity index (χ0v) is 8.40. The first kappa shape index (κ1) is 10.8. The lowest BCUT2D eigenvalue weighted by Crippen LogP contribution is -2.41. The van der Waals surface area contributed by atoms with Gasteiger partial charge >= 0.3 is 12.1 Å². The molecule has 0 spiro atoms. The van der Waals surface area contributed by atoms with Crippen LogP contribution in [0.4, 0.5) is 4.79 Å². The van der Waals surface area contributed by atoms with E-state index < -0.39 is 12.1 Å². The maximum absolute atomic E-state index is 11.2. The van der Waals surface area contributed by atoms with E-state index in [1.165, 1.54) is 4.90 Å². The van der Waals surface area contributed by atoms with Gasteiger partial charge in [-0.1, -0.05) is 13.8 Å². The molecule has 5 nitrogen and oxygen atoms in total. The number of rotatable bonds is 4. The zero-order chi connectivity index (χ0) is 10.7. The van der Waals surface area contributed by atoms with E-state index in [-0.39, 0.29) is 18.4 Å². The molecule has 1 aliphatic rings. The van der Waals surface area contributed by atoms with Crippen LogP contribution in [0, 0.1) is 5.92 Å². The quantitative estimate of drug-likeness (QED) is 0.735. The molecular formula is C9H15NO4. The van der Waals surface area contributed by atoms with Crippen LogP contribution in [0.15, 0.2) is 0 Å². The Morgan fingerprint density at radius 2 is 2.29 bits per heavy atom. The van der Waals surface area contributed by atoms with Gasteiger partial charge in [0.1, 0.15) is 6.61 Å². The van der Waals surface area contributed by atoms with Crippen LogP contribution in [0.3, 0.4) is 0 Å². The van der Waals surface area contributed by atoms with Crippen LogP contribution in [0.2, 0.25) is 0 Å². The first-order valence-electron chi connectivity index (χ1n) is 4.67. The molecule has 0 saturated carbocycles. The normalized spacial score (nSPS) is 18.5. The van der Waals surface area contributed by atoms with Gasteiger partial charge in [0.15, 0.2) is 0 Å². The summed E-state index contributed by atoms with van der Waals surface area (Å²) in [6.07, 6.45) is -0.419. The van der Waals surface area contributed by atoms with Crippen molar-refractivity contribution in [1.29, 1.82) is 0 Å². The second-order valence-electron chi connectivity index (χ2n) is 3.72. The van der Waals surface area contributed by atoms with E-state index in [9.17, 15) is 9.59 Å². The minimum atomic E-state index is -0.886. The molecule has 1 unspecified atom stereocenters. The van der Waals surface area contributed by atoms with Crippen LogP contribution in [-0.2, 0) is 9.53 Å². The van der Waals surface area contributed by atoms with E-state index in [4.69, 9.17) is 9.84 Å². The Balaban J connectivity index is 2.66. The van der Waals surface area contributed by atoms with Crippen LogP contribution in [0.1, 0.15) is 20.3 Å². The molecule has 0 radical (unpaired) electrons. The third-order valence-corrected chi connectivity index (χ3v) is 2.35. The van der Waals surface area contributed by atoms with E-state index in [1.54, 1.807) is 0 Å². The van der Waals surface area contributed by atoms with Crippen molar-refractivity contribution < 1.29 is 19.4 Å². The van der Waals surface area contributed by atoms with Gasteiger partial charge in [0, 0.05) is 6.04 Å². The van der Waals surface area contributed by atoms with Gasteiger partial charge < -0.3 is 14.7 Å². The number of cyclic esters (lactones) is 1. The molecule has 1 fully saturated rings. The zero-order valence-electron chi connectivity index (χ0n) is 8.40. The predicted molar refractivity (Wildman–Crippen MR) is 48.9 cm³/mol. The lowest BCUT2D eigenvalue weighted by atomic mass is 10.00. The van der Waals surface area contributed by atoms with Crippen LogP contribution < -0.4 is 0 Å². The highest BCUT2D eigenvalue weighted by molar-refractivity contribution is 5.72. The summed E-state index contributed by atoms with van der Waals surface area (Å²) in [7, 11) is 0. The summed E-state index contributed by atoms with van der Waals surface area (Å²) in [5.41, 5.74) is 0. The van der Waals surface area contributed by atoms with Gasteiger partial charge in [0.25, 0.3) is 0 Å². The summed E-state index contributed by atoms with van der Waals surface area (Å²) in [6.45, 7) is 4.66. The maximum Gasteiger partial charge on any atom is 0.410 e. The number of ether oxygens (including phenoxy) is 1. The third kappa shape index (κ3) is 2.37. The summed E-state index contributed by atoms with van der Waals surface area (Å²) in [6, 6.07) is -0.262. The molecule has 1 atom stereocenters. The summed E-state index contributed by atoms with van der Waals surface area (Å²) in [5.74, 6) is -0.764. The van der Waals surface area contributed by atoms with Crippen molar-refractivity contribution in [2.45, 2.75) is 26.3 Å². The van der Waals surface area contributed by atoms with Gasteiger partial charge in [0.05, 0.1) is 13.0 Å². The monoisotopic (exact) mass is 201 g/mol. The standard InChI is InChI=1S/C9H15NO4/c1-6(2)7(5-8(11)12)10-3-4-14-9(10)13/h6-7H,3-5H2,1-2H3,(H,11,12). The van der Waals surface area contributed by atoms with E-state index in [0.29, 0.717) is 13.2 Å². The molecule has 1 N–H and O–H groups in total. The number of amides is 1. The van der Waals surface area contributed by atoms with Crippen molar-refractivity contribution in [3.05, 3.63) is 0 Å². The number of nitrogens with zero attached hydrogens (tertiary/aromatic N) is 1. The predicted octanol–water partition coefficient (Wildman–Crippen LogP) is 0.938. The molecule has 0 bridgehead atoms. The third-order valence-electron chi connectivity index (χ3n) is 2.35. The molecule has 14 heavy (non-hydrogen) atoms. The fourth-order valence-corrected chi connectivity index (χ4v) is 1.59. The topological polar surface area (TPSA) is 66.8 Å². The number of carbonyl (C=O) groups is 2. The minimum Gasteiger partial charge on any atom is -0.481 e. The SMILES string of the molecule is CC(C)C(CC(=O)O)N1CCOC1=O. The molecule has 1 heterocycles. The molecule has 0 aliphatic carbocycles. The lowest BCUT2D eigenvalue weighted by Gasteiger charge is -2.27. The highest BCUT2D eigenvalue weighted by Crippen LogP contribution is 2.18. The Hall–Kier alpha value is -1.26. The molecule has 1 rings (SSSR count). The number of carbonyl (C=O) groups excluding carboxylic acids is 1. The Labute approximate surface area is 82.6 Å². The maximum atomic E-state index is 11.2. The van der Waals surface area contributed by atoms with Crippen LogP contribution >= 0.6 is 0 Å². The number of hydrogen-bond donors (Lipinski definition) is 1. The fourth-order valence-electron chi connectivity index (χ4n) is 1.59. The molecule has 1 amide bonds. The summed E-state index contributed by atoms with van der Waals surface area (Å²) in [5, 5.41) is 8.70. The highest BCUT2D eigenvalue weighted by atomic mass is 16.6. The van der Waals surface area contributed by atoms with Crippen molar-refractivity contribution in [3.63, 3.8) is 0 Å². The van der Waals surface area contributed by atoms with Crippen LogP contribution in [-0.4, -0.2) is 41.3 Å². The van der Waals surface area contributed by atoms with Crippen molar-refractivity contribution in [2.24, 2.45) is 5.92 Å². The van der Waals surface area contributed by atoms with Crippen molar-refractivity contribution in [2.75, 3.05) is 13.2 Å². The van der Waals surface area contributed by atoms with Crippen molar-refractivity contribution in [3.8, 4) is 0 Å². The van der Waals surface area contributed by atoms with Crippen molar-refractivity contribution in [1.82, 2.24) is 4.90 Å².